The fourth-order valence-corrected chi connectivity index (χ4v) is 4.19. The lowest BCUT2D eigenvalue weighted by atomic mass is 10.0. The third-order valence-corrected chi connectivity index (χ3v) is 6.26. The van der Waals surface area contributed by atoms with Gasteiger partial charge in [0.2, 0.25) is 5.75 Å². The van der Waals surface area contributed by atoms with Crippen molar-refractivity contribution in [1.82, 2.24) is 0 Å². The molecule has 0 aliphatic heterocycles. The summed E-state index contributed by atoms with van der Waals surface area (Å²) in [4.78, 5) is 0. The van der Waals surface area contributed by atoms with Crippen molar-refractivity contribution in [2.45, 2.75) is 32.2 Å². The molecular formula is C32H34O6. The van der Waals surface area contributed by atoms with Crippen LogP contribution >= 0.6 is 0 Å². The van der Waals surface area contributed by atoms with Crippen molar-refractivity contribution in [2.24, 2.45) is 0 Å². The molecule has 6 nitrogen and oxygen atoms in total. The van der Waals surface area contributed by atoms with Crippen molar-refractivity contribution < 1.29 is 28.8 Å². The topological polar surface area (TPSA) is 66.4 Å². The Hall–Kier alpha value is -4.16. The second kappa shape index (κ2) is 13.4. The van der Waals surface area contributed by atoms with E-state index in [1.165, 1.54) is 0 Å². The Balaban J connectivity index is 1.46. The molecule has 0 spiro atoms. The first-order valence-electron chi connectivity index (χ1n) is 12.6. The third kappa shape index (κ3) is 6.99. The first-order chi connectivity index (χ1) is 18.6. The van der Waals surface area contributed by atoms with Crippen LogP contribution in [0.25, 0.3) is 0 Å². The van der Waals surface area contributed by atoms with Crippen molar-refractivity contribution in [3.8, 4) is 28.7 Å². The van der Waals surface area contributed by atoms with Gasteiger partial charge in [-0.1, -0.05) is 66.7 Å². The Kier molecular flexibility index (Phi) is 9.48. The monoisotopic (exact) mass is 514 g/mol. The van der Waals surface area contributed by atoms with Gasteiger partial charge in [-0.25, -0.2) is 0 Å². The normalized spacial score (nSPS) is 11.5. The molecule has 6 heteroatoms. The van der Waals surface area contributed by atoms with E-state index in [0.29, 0.717) is 54.8 Å². The Morgan fingerprint density at radius 3 is 1.74 bits per heavy atom. The van der Waals surface area contributed by atoms with Crippen LogP contribution in [-0.2, 0) is 19.6 Å². The highest BCUT2D eigenvalue weighted by Gasteiger charge is 2.17. The van der Waals surface area contributed by atoms with Crippen LogP contribution in [0, 0.1) is 0 Å². The van der Waals surface area contributed by atoms with Crippen LogP contribution in [0.1, 0.15) is 34.8 Å². The van der Waals surface area contributed by atoms with E-state index < -0.39 is 6.10 Å². The van der Waals surface area contributed by atoms with Gasteiger partial charge in [0, 0.05) is 0 Å². The van der Waals surface area contributed by atoms with Crippen LogP contribution in [0.5, 0.6) is 28.7 Å². The summed E-state index contributed by atoms with van der Waals surface area (Å²) in [6, 6.07) is 29.3. The molecule has 1 N–H and O–H groups in total. The zero-order chi connectivity index (χ0) is 26.7. The molecule has 4 aromatic rings. The maximum atomic E-state index is 11.0. The first-order valence-corrected chi connectivity index (χ1v) is 12.6. The van der Waals surface area contributed by atoms with E-state index in [1.54, 1.807) is 21.3 Å². The van der Waals surface area contributed by atoms with Crippen molar-refractivity contribution in [2.75, 3.05) is 21.3 Å². The smallest absolute Gasteiger partial charge is 0.203 e. The van der Waals surface area contributed by atoms with Crippen LogP contribution in [-0.4, -0.2) is 26.4 Å². The number of aliphatic hydroxyl groups excluding tert-OH is 1. The average molecular weight is 515 g/mol. The highest BCUT2D eigenvalue weighted by Crippen LogP contribution is 2.40. The lowest BCUT2D eigenvalue weighted by Gasteiger charge is -2.18. The maximum absolute atomic E-state index is 11.0. The molecule has 198 valence electrons. The van der Waals surface area contributed by atoms with E-state index in [1.807, 2.05) is 91.0 Å². The minimum Gasteiger partial charge on any atom is -0.493 e. The van der Waals surface area contributed by atoms with Crippen LogP contribution in [0.2, 0.25) is 0 Å². The molecular weight excluding hydrogens is 480 g/mol. The van der Waals surface area contributed by atoms with E-state index in [0.717, 1.165) is 22.3 Å². The Morgan fingerprint density at radius 2 is 1.16 bits per heavy atom. The highest BCUT2D eigenvalue weighted by atomic mass is 16.5. The largest absolute Gasteiger partial charge is 0.493 e. The van der Waals surface area contributed by atoms with Crippen molar-refractivity contribution >= 4 is 0 Å². The van der Waals surface area contributed by atoms with Gasteiger partial charge in [-0.05, 0) is 59.4 Å². The molecule has 0 fully saturated rings. The SMILES string of the molecule is COc1ccc(C(O)CCc2cc(OC)c(OC)c(OCc3ccccc3)c2)cc1OCc1ccccc1. The van der Waals surface area contributed by atoms with Crippen LogP contribution < -0.4 is 23.7 Å². The lowest BCUT2D eigenvalue weighted by molar-refractivity contribution is 0.167. The molecule has 0 saturated carbocycles. The number of aryl methyl sites for hydroxylation is 1. The molecule has 0 amide bonds. The molecule has 0 bridgehead atoms. The van der Waals surface area contributed by atoms with E-state index in [-0.39, 0.29) is 0 Å². The van der Waals surface area contributed by atoms with E-state index in [2.05, 4.69) is 0 Å². The first kappa shape index (κ1) is 26.9. The molecule has 0 aliphatic carbocycles. The van der Waals surface area contributed by atoms with Gasteiger partial charge in [-0.15, -0.1) is 0 Å². The Bertz CT molecular complexity index is 1290. The minimum atomic E-state index is -0.693. The number of methoxy groups -OCH3 is 3. The summed E-state index contributed by atoms with van der Waals surface area (Å²) >= 11 is 0. The molecule has 0 heterocycles. The molecule has 0 saturated heterocycles. The number of hydrogen-bond acceptors (Lipinski definition) is 6. The van der Waals surface area contributed by atoms with Gasteiger partial charge in [0.1, 0.15) is 13.2 Å². The second-order valence-electron chi connectivity index (χ2n) is 8.84. The Labute approximate surface area is 224 Å². The van der Waals surface area contributed by atoms with Crippen LogP contribution in [0.4, 0.5) is 0 Å². The summed E-state index contributed by atoms with van der Waals surface area (Å²) in [6.07, 6.45) is 0.412. The minimum absolute atomic E-state index is 0.407. The fraction of sp³-hybridized carbons (Fsp3) is 0.250. The number of rotatable bonds is 13. The molecule has 4 aromatic carbocycles. The third-order valence-electron chi connectivity index (χ3n) is 6.26. The van der Waals surface area contributed by atoms with Crippen molar-refractivity contribution in [1.29, 1.82) is 0 Å². The van der Waals surface area contributed by atoms with E-state index in [9.17, 15) is 5.11 Å². The fourth-order valence-electron chi connectivity index (χ4n) is 4.19. The summed E-state index contributed by atoms with van der Waals surface area (Å²) in [6.45, 7) is 0.818. The van der Waals surface area contributed by atoms with E-state index >= 15 is 0 Å². The highest BCUT2D eigenvalue weighted by molar-refractivity contribution is 5.54. The summed E-state index contributed by atoms with van der Waals surface area (Å²) in [7, 11) is 4.80. The number of benzene rings is 4. The van der Waals surface area contributed by atoms with Gasteiger partial charge < -0.3 is 28.8 Å². The lowest BCUT2D eigenvalue weighted by Crippen LogP contribution is -2.04. The van der Waals surface area contributed by atoms with Crippen molar-refractivity contribution in [3.63, 3.8) is 0 Å². The molecule has 1 atom stereocenters. The number of hydrogen-bond donors (Lipinski definition) is 1. The molecule has 0 radical (unpaired) electrons. The predicted molar refractivity (Wildman–Crippen MR) is 147 cm³/mol. The van der Waals surface area contributed by atoms with Gasteiger partial charge in [-0.3, -0.25) is 0 Å². The van der Waals surface area contributed by atoms with Gasteiger partial charge >= 0.3 is 0 Å². The number of ether oxygens (including phenoxy) is 5. The quantitative estimate of drug-likeness (QED) is 0.219. The summed E-state index contributed by atoms with van der Waals surface area (Å²) in [5, 5.41) is 11.0. The second-order valence-corrected chi connectivity index (χ2v) is 8.84. The average Bonchev–Trinajstić information content (AvgIpc) is 2.98. The molecule has 4 rings (SSSR count). The molecule has 0 aliphatic rings. The van der Waals surface area contributed by atoms with Gasteiger partial charge in [0.05, 0.1) is 27.4 Å². The van der Waals surface area contributed by atoms with Gasteiger partial charge in [0.25, 0.3) is 0 Å². The summed E-state index contributed by atoms with van der Waals surface area (Å²) < 4.78 is 28.7. The molecule has 0 aromatic heterocycles. The van der Waals surface area contributed by atoms with E-state index in [4.69, 9.17) is 23.7 Å². The maximum Gasteiger partial charge on any atom is 0.203 e. The molecule has 1 unspecified atom stereocenters. The number of aliphatic hydroxyl groups is 1. The zero-order valence-corrected chi connectivity index (χ0v) is 22.1. The van der Waals surface area contributed by atoms with Crippen LogP contribution in [0.3, 0.4) is 0 Å². The van der Waals surface area contributed by atoms with Gasteiger partial charge in [0.15, 0.2) is 23.0 Å². The zero-order valence-electron chi connectivity index (χ0n) is 22.1. The standard InChI is InChI=1S/C32H34O6/c1-34-28-17-15-26(20-29(28)37-21-23-10-6-4-7-11-23)27(33)16-14-25-18-30(35-2)32(36-3)31(19-25)38-22-24-12-8-5-9-13-24/h4-13,15,17-20,27,33H,14,16,21-22H2,1-3H3. The van der Waals surface area contributed by atoms with Crippen molar-refractivity contribution in [3.05, 3.63) is 113 Å². The summed E-state index contributed by atoms with van der Waals surface area (Å²) in [5.74, 6) is 2.94. The Morgan fingerprint density at radius 1 is 0.579 bits per heavy atom. The summed E-state index contributed by atoms with van der Waals surface area (Å²) in [5.41, 5.74) is 3.84. The van der Waals surface area contributed by atoms with Crippen LogP contribution in [0.15, 0.2) is 91.0 Å². The van der Waals surface area contributed by atoms with Gasteiger partial charge in [-0.2, -0.15) is 0 Å². The molecule has 38 heavy (non-hydrogen) atoms. The predicted octanol–water partition coefficient (Wildman–Crippen LogP) is 6.54.